The molecule has 20 heavy (non-hydrogen) atoms. The zero-order chi connectivity index (χ0) is 14.3. The molecular formula is C17H21NO2. The predicted molar refractivity (Wildman–Crippen MR) is 77.0 cm³/mol. The quantitative estimate of drug-likeness (QED) is 0.840. The average molecular weight is 271 g/mol. The van der Waals surface area contributed by atoms with Gasteiger partial charge in [-0.15, -0.1) is 0 Å². The number of rotatable bonds is 2. The maximum atomic E-state index is 12.3. The second-order valence-electron chi connectivity index (χ2n) is 6.76. The van der Waals surface area contributed by atoms with Crippen LogP contribution in [-0.2, 0) is 22.4 Å². The number of carbonyl (C=O) groups is 2. The molecule has 1 heterocycles. The Balaban J connectivity index is 1.96. The van der Waals surface area contributed by atoms with Crippen molar-refractivity contribution in [3.05, 3.63) is 35.4 Å². The molecule has 1 aromatic rings. The minimum absolute atomic E-state index is 0.0485. The van der Waals surface area contributed by atoms with Gasteiger partial charge in [0.15, 0.2) is 0 Å². The van der Waals surface area contributed by atoms with Crippen molar-refractivity contribution < 1.29 is 9.59 Å². The van der Waals surface area contributed by atoms with Gasteiger partial charge in [0.25, 0.3) is 0 Å². The largest absolute Gasteiger partial charge is 0.296 e. The van der Waals surface area contributed by atoms with Crippen molar-refractivity contribution in [2.75, 3.05) is 0 Å². The summed E-state index contributed by atoms with van der Waals surface area (Å²) in [7, 11) is 0. The molecule has 106 valence electrons. The highest BCUT2D eigenvalue weighted by Crippen LogP contribution is 2.49. The van der Waals surface area contributed by atoms with Gasteiger partial charge in [0.05, 0.1) is 0 Å². The molecule has 0 saturated carbocycles. The fraction of sp³-hybridized carbons (Fsp3) is 0.529. The van der Waals surface area contributed by atoms with Crippen molar-refractivity contribution in [2.24, 2.45) is 17.3 Å². The third-order valence-corrected chi connectivity index (χ3v) is 4.74. The van der Waals surface area contributed by atoms with Gasteiger partial charge >= 0.3 is 0 Å². The Kier molecular flexibility index (Phi) is 3.15. The zero-order valence-corrected chi connectivity index (χ0v) is 12.1. The molecule has 1 spiro atoms. The molecule has 1 N–H and O–H groups in total. The van der Waals surface area contributed by atoms with Gasteiger partial charge in [-0.1, -0.05) is 38.1 Å². The number of amides is 2. The van der Waals surface area contributed by atoms with E-state index in [0.29, 0.717) is 12.3 Å². The Morgan fingerprint density at radius 3 is 2.30 bits per heavy atom. The van der Waals surface area contributed by atoms with E-state index in [4.69, 9.17) is 0 Å². The molecule has 0 bridgehead atoms. The van der Waals surface area contributed by atoms with E-state index in [-0.39, 0.29) is 23.1 Å². The Hall–Kier alpha value is -1.64. The average Bonchev–Trinajstić information content (AvgIpc) is 2.72. The van der Waals surface area contributed by atoms with Crippen molar-refractivity contribution in [1.29, 1.82) is 0 Å². The summed E-state index contributed by atoms with van der Waals surface area (Å²) in [5, 5.41) is 2.53. The van der Waals surface area contributed by atoms with Crippen molar-refractivity contribution in [3.8, 4) is 0 Å². The molecule has 3 rings (SSSR count). The van der Waals surface area contributed by atoms with Crippen LogP contribution in [0.2, 0.25) is 0 Å². The first-order chi connectivity index (χ1) is 9.50. The van der Waals surface area contributed by atoms with Crippen LogP contribution in [0, 0.1) is 17.3 Å². The molecule has 2 aliphatic rings. The van der Waals surface area contributed by atoms with E-state index in [9.17, 15) is 9.59 Å². The fourth-order valence-corrected chi connectivity index (χ4v) is 3.91. The molecule has 2 amide bonds. The van der Waals surface area contributed by atoms with Crippen molar-refractivity contribution in [2.45, 2.75) is 39.5 Å². The summed E-state index contributed by atoms with van der Waals surface area (Å²) >= 11 is 0. The summed E-state index contributed by atoms with van der Waals surface area (Å²) in [6.45, 7) is 4.28. The van der Waals surface area contributed by atoms with Crippen LogP contribution >= 0.6 is 0 Å². The molecule has 1 atom stereocenters. The SMILES string of the molecule is CC(C)CC1C(=O)NC(=O)CC12Cc1ccccc1C2. The Bertz CT molecular complexity index is 537. The molecule has 1 aliphatic heterocycles. The van der Waals surface area contributed by atoms with E-state index in [1.807, 2.05) is 12.1 Å². The van der Waals surface area contributed by atoms with Crippen LogP contribution in [-0.4, -0.2) is 11.8 Å². The lowest BCUT2D eigenvalue weighted by atomic mass is 9.65. The minimum Gasteiger partial charge on any atom is -0.296 e. The normalized spacial score (nSPS) is 24.1. The van der Waals surface area contributed by atoms with Gasteiger partial charge in [0, 0.05) is 12.3 Å². The number of piperidine rings is 1. The molecule has 1 fully saturated rings. The minimum atomic E-state index is -0.187. The predicted octanol–water partition coefficient (Wildman–Crippen LogP) is 2.48. The third kappa shape index (κ3) is 2.15. The summed E-state index contributed by atoms with van der Waals surface area (Å²) in [5.74, 6) is 0.234. The highest BCUT2D eigenvalue weighted by molar-refractivity contribution is 6.00. The molecule has 3 heteroatoms. The Morgan fingerprint density at radius 1 is 1.15 bits per heavy atom. The summed E-state index contributed by atoms with van der Waals surface area (Å²) in [6.07, 6.45) is 3.05. The van der Waals surface area contributed by atoms with E-state index in [1.54, 1.807) is 0 Å². The Morgan fingerprint density at radius 2 is 1.75 bits per heavy atom. The lowest BCUT2D eigenvalue weighted by Crippen LogP contribution is -2.53. The lowest BCUT2D eigenvalue weighted by molar-refractivity contribution is -0.144. The topological polar surface area (TPSA) is 46.2 Å². The molecule has 1 unspecified atom stereocenters. The first-order valence-corrected chi connectivity index (χ1v) is 7.41. The van der Waals surface area contributed by atoms with Crippen LogP contribution in [0.25, 0.3) is 0 Å². The molecule has 0 radical (unpaired) electrons. The maximum Gasteiger partial charge on any atom is 0.230 e. The number of benzene rings is 1. The van der Waals surface area contributed by atoms with E-state index in [1.165, 1.54) is 11.1 Å². The number of hydrogen-bond donors (Lipinski definition) is 1. The number of imide groups is 1. The monoisotopic (exact) mass is 271 g/mol. The van der Waals surface area contributed by atoms with Gasteiger partial charge in [-0.3, -0.25) is 14.9 Å². The van der Waals surface area contributed by atoms with E-state index < -0.39 is 0 Å². The van der Waals surface area contributed by atoms with Gasteiger partial charge in [0.1, 0.15) is 0 Å². The molecule has 1 aliphatic carbocycles. The molecule has 1 aromatic carbocycles. The van der Waals surface area contributed by atoms with Crippen LogP contribution in [0.1, 0.15) is 37.8 Å². The number of nitrogens with one attached hydrogen (secondary N) is 1. The summed E-state index contributed by atoms with van der Waals surface area (Å²) in [6, 6.07) is 8.35. The fourth-order valence-electron chi connectivity index (χ4n) is 3.91. The van der Waals surface area contributed by atoms with Gasteiger partial charge in [0.2, 0.25) is 11.8 Å². The number of hydrogen-bond acceptors (Lipinski definition) is 2. The maximum absolute atomic E-state index is 12.3. The Labute approximate surface area is 119 Å². The number of carbonyl (C=O) groups excluding carboxylic acids is 2. The van der Waals surface area contributed by atoms with Crippen LogP contribution in [0.3, 0.4) is 0 Å². The van der Waals surface area contributed by atoms with Crippen LogP contribution in [0.4, 0.5) is 0 Å². The van der Waals surface area contributed by atoms with Crippen molar-refractivity contribution in [3.63, 3.8) is 0 Å². The highest BCUT2D eigenvalue weighted by atomic mass is 16.2. The van der Waals surface area contributed by atoms with Gasteiger partial charge in [-0.2, -0.15) is 0 Å². The molecule has 3 nitrogen and oxygen atoms in total. The molecular weight excluding hydrogens is 250 g/mol. The van der Waals surface area contributed by atoms with Gasteiger partial charge in [-0.05, 0) is 41.7 Å². The van der Waals surface area contributed by atoms with Gasteiger partial charge < -0.3 is 0 Å². The van der Waals surface area contributed by atoms with E-state index >= 15 is 0 Å². The summed E-state index contributed by atoms with van der Waals surface area (Å²) in [5.41, 5.74) is 2.43. The summed E-state index contributed by atoms with van der Waals surface area (Å²) in [4.78, 5) is 24.2. The lowest BCUT2D eigenvalue weighted by Gasteiger charge is -2.40. The second-order valence-corrected chi connectivity index (χ2v) is 6.76. The molecule has 1 saturated heterocycles. The zero-order valence-electron chi connectivity index (χ0n) is 12.1. The standard InChI is InChI=1S/C17H21NO2/c1-11(2)7-14-16(20)18-15(19)10-17(14)8-12-5-3-4-6-13(12)9-17/h3-6,11,14H,7-10H2,1-2H3,(H,18,19,20). The smallest absolute Gasteiger partial charge is 0.230 e. The van der Waals surface area contributed by atoms with Crippen LogP contribution in [0.5, 0.6) is 0 Å². The van der Waals surface area contributed by atoms with Crippen molar-refractivity contribution >= 4 is 11.8 Å². The summed E-state index contributed by atoms with van der Waals surface area (Å²) < 4.78 is 0. The van der Waals surface area contributed by atoms with E-state index in [2.05, 4.69) is 31.3 Å². The number of fused-ring (bicyclic) bond motifs is 1. The van der Waals surface area contributed by atoms with Crippen molar-refractivity contribution in [1.82, 2.24) is 5.32 Å². The first-order valence-electron chi connectivity index (χ1n) is 7.41. The van der Waals surface area contributed by atoms with Crippen LogP contribution in [0.15, 0.2) is 24.3 Å². The third-order valence-electron chi connectivity index (χ3n) is 4.74. The molecule has 0 aromatic heterocycles. The second kappa shape index (κ2) is 4.72. The highest BCUT2D eigenvalue weighted by Gasteiger charge is 2.51. The van der Waals surface area contributed by atoms with Crippen LogP contribution < -0.4 is 5.32 Å². The van der Waals surface area contributed by atoms with Gasteiger partial charge in [-0.25, -0.2) is 0 Å². The first kappa shape index (κ1) is 13.3. The van der Waals surface area contributed by atoms with E-state index in [0.717, 1.165) is 19.3 Å².